The molecule has 100 valence electrons. The van der Waals surface area contributed by atoms with Gasteiger partial charge < -0.3 is 15.3 Å². The van der Waals surface area contributed by atoms with Gasteiger partial charge in [-0.05, 0) is 31.0 Å². The number of benzene rings is 1. The van der Waals surface area contributed by atoms with Gasteiger partial charge in [-0.2, -0.15) is 0 Å². The van der Waals surface area contributed by atoms with Crippen molar-refractivity contribution in [1.82, 2.24) is 0 Å². The van der Waals surface area contributed by atoms with Gasteiger partial charge >= 0.3 is 5.97 Å². The third-order valence-electron chi connectivity index (χ3n) is 3.76. The maximum atomic E-state index is 11.7. The van der Waals surface area contributed by atoms with E-state index in [0.29, 0.717) is 19.4 Å². The monoisotopic (exact) mass is 324 g/mol. The molecule has 19 heavy (non-hydrogen) atoms. The van der Waals surface area contributed by atoms with Crippen molar-refractivity contribution in [3.05, 3.63) is 22.7 Å². The van der Waals surface area contributed by atoms with Crippen LogP contribution in [0.15, 0.2) is 22.7 Å². The van der Waals surface area contributed by atoms with Crippen LogP contribution in [-0.4, -0.2) is 29.6 Å². The van der Waals surface area contributed by atoms with Crippen LogP contribution in [0.1, 0.15) is 12.8 Å². The van der Waals surface area contributed by atoms with Crippen LogP contribution in [-0.2, 0) is 9.59 Å². The van der Waals surface area contributed by atoms with Crippen LogP contribution < -0.4 is 10.2 Å². The third kappa shape index (κ3) is 2.20. The fourth-order valence-electron chi connectivity index (χ4n) is 2.66. The molecule has 1 aliphatic heterocycles. The molecule has 1 aromatic rings. The number of carboxylic acid groups (broad SMARTS) is 1. The van der Waals surface area contributed by atoms with Gasteiger partial charge in [0.2, 0.25) is 5.91 Å². The quantitative estimate of drug-likeness (QED) is 0.873. The fourth-order valence-corrected chi connectivity index (χ4v) is 3.02. The van der Waals surface area contributed by atoms with Crippen molar-refractivity contribution in [2.24, 2.45) is 5.92 Å². The SMILES string of the molecule is O=C1CN(C2CC(C(=O)O)C2)c2ccc(Br)cc2N1. The standard InChI is InChI=1S/C13H13BrN2O3/c14-8-1-2-11-10(5-8)15-12(17)6-16(11)9-3-7(4-9)13(18)19/h1-2,5,7,9H,3-4,6H2,(H,15,17)(H,18,19). The number of hydrogen-bond acceptors (Lipinski definition) is 3. The Bertz CT molecular complexity index is 555. The number of carbonyl (C=O) groups excluding carboxylic acids is 1. The van der Waals surface area contributed by atoms with Crippen LogP contribution in [0.25, 0.3) is 0 Å². The molecule has 0 saturated heterocycles. The molecule has 0 bridgehead atoms. The van der Waals surface area contributed by atoms with E-state index in [1.165, 1.54) is 0 Å². The number of carboxylic acids is 1. The van der Waals surface area contributed by atoms with Crippen LogP contribution in [0.2, 0.25) is 0 Å². The lowest BCUT2D eigenvalue weighted by Gasteiger charge is -2.44. The lowest BCUT2D eigenvalue weighted by molar-refractivity contribution is -0.145. The Kier molecular flexibility index (Phi) is 2.97. The number of hydrogen-bond donors (Lipinski definition) is 2. The zero-order valence-electron chi connectivity index (χ0n) is 10.1. The largest absolute Gasteiger partial charge is 0.481 e. The van der Waals surface area contributed by atoms with E-state index in [-0.39, 0.29) is 17.9 Å². The first-order valence-corrected chi connectivity index (χ1v) is 6.93. The van der Waals surface area contributed by atoms with Gasteiger partial charge in [-0.1, -0.05) is 15.9 Å². The van der Waals surface area contributed by atoms with Crippen LogP contribution in [0, 0.1) is 5.92 Å². The molecule has 0 radical (unpaired) electrons. The minimum atomic E-state index is -0.742. The Labute approximate surface area is 118 Å². The molecule has 1 saturated carbocycles. The number of carbonyl (C=O) groups is 2. The Morgan fingerprint density at radius 2 is 2.16 bits per heavy atom. The molecule has 6 heteroatoms. The number of fused-ring (bicyclic) bond motifs is 1. The molecule has 1 fully saturated rings. The number of nitrogens with zero attached hydrogens (tertiary/aromatic N) is 1. The second-order valence-electron chi connectivity index (χ2n) is 5.00. The second-order valence-corrected chi connectivity index (χ2v) is 5.91. The highest BCUT2D eigenvalue weighted by Gasteiger charge is 2.40. The van der Waals surface area contributed by atoms with E-state index in [2.05, 4.69) is 21.2 Å². The summed E-state index contributed by atoms with van der Waals surface area (Å²) < 4.78 is 0.908. The Morgan fingerprint density at radius 3 is 2.84 bits per heavy atom. The van der Waals surface area contributed by atoms with Crippen molar-refractivity contribution in [3.8, 4) is 0 Å². The van der Waals surface area contributed by atoms with E-state index in [1.54, 1.807) is 0 Å². The van der Waals surface area contributed by atoms with Crippen molar-refractivity contribution < 1.29 is 14.7 Å². The van der Waals surface area contributed by atoms with Crippen molar-refractivity contribution in [1.29, 1.82) is 0 Å². The third-order valence-corrected chi connectivity index (χ3v) is 4.25. The minimum absolute atomic E-state index is 0.0515. The van der Waals surface area contributed by atoms with Gasteiger partial charge in [0.15, 0.2) is 0 Å². The highest BCUT2D eigenvalue weighted by atomic mass is 79.9. The molecule has 0 unspecified atom stereocenters. The molecular formula is C13H13BrN2O3. The maximum absolute atomic E-state index is 11.7. The average molecular weight is 325 g/mol. The highest BCUT2D eigenvalue weighted by molar-refractivity contribution is 9.10. The smallest absolute Gasteiger partial charge is 0.306 e. The number of aliphatic carboxylic acids is 1. The van der Waals surface area contributed by atoms with Crippen molar-refractivity contribution in [3.63, 3.8) is 0 Å². The van der Waals surface area contributed by atoms with Crippen LogP contribution in [0.3, 0.4) is 0 Å². The first-order valence-electron chi connectivity index (χ1n) is 6.13. The summed E-state index contributed by atoms with van der Waals surface area (Å²) in [5, 5.41) is 11.8. The van der Waals surface area contributed by atoms with E-state index < -0.39 is 5.97 Å². The Hall–Kier alpha value is -1.56. The van der Waals surface area contributed by atoms with Crippen LogP contribution >= 0.6 is 15.9 Å². The summed E-state index contributed by atoms with van der Waals surface area (Å²) in [7, 11) is 0. The molecule has 3 rings (SSSR count). The molecule has 1 aromatic carbocycles. The molecule has 5 nitrogen and oxygen atoms in total. The van der Waals surface area contributed by atoms with Gasteiger partial charge in [-0.3, -0.25) is 9.59 Å². The lowest BCUT2D eigenvalue weighted by atomic mass is 9.79. The second kappa shape index (κ2) is 4.52. The molecule has 0 atom stereocenters. The van der Waals surface area contributed by atoms with Gasteiger partial charge in [0.1, 0.15) is 0 Å². The van der Waals surface area contributed by atoms with Gasteiger partial charge in [0, 0.05) is 10.5 Å². The topological polar surface area (TPSA) is 69.6 Å². The van der Waals surface area contributed by atoms with Crippen molar-refractivity contribution >= 4 is 39.2 Å². The summed E-state index contributed by atoms with van der Waals surface area (Å²) in [5.74, 6) is -1.06. The molecule has 1 aliphatic carbocycles. The Morgan fingerprint density at radius 1 is 1.42 bits per heavy atom. The molecular weight excluding hydrogens is 312 g/mol. The normalized spacial score (nSPS) is 25.3. The first-order chi connectivity index (χ1) is 9.04. The van der Waals surface area contributed by atoms with Crippen LogP contribution in [0.5, 0.6) is 0 Å². The molecule has 2 N–H and O–H groups in total. The van der Waals surface area contributed by atoms with Gasteiger partial charge in [-0.15, -0.1) is 0 Å². The molecule has 0 aromatic heterocycles. The summed E-state index contributed by atoms with van der Waals surface area (Å²) in [6.07, 6.45) is 1.22. The van der Waals surface area contributed by atoms with E-state index >= 15 is 0 Å². The minimum Gasteiger partial charge on any atom is -0.481 e. The predicted octanol–water partition coefficient (Wildman–Crippen LogP) is 2.07. The fraction of sp³-hybridized carbons (Fsp3) is 0.385. The average Bonchev–Trinajstić information content (AvgIpc) is 2.25. The summed E-state index contributed by atoms with van der Waals surface area (Å²) in [6.45, 7) is 0.297. The maximum Gasteiger partial charge on any atom is 0.306 e. The highest BCUT2D eigenvalue weighted by Crippen LogP contribution is 2.40. The summed E-state index contributed by atoms with van der Waals surface area (Å²) in [4.78, 5) is 24.6. The number of rotatable bonds is 2. The van der Waals surface area contributed by atoms with Gasteiger partial charge in [0.05, 0.1) is 23.8 Å². The molecule has 1 amide bonds. The number of anilines is 2. The van der Waals surface area contributed by atoms with Gasteiger partial charge in [0.25, 0.3) is 0 Å². The summed E-state index contributed by atoms with van der Waals surface area (Å²) in [6, 6.07) is 5.89. The van der Waals surface area contributed by atoms with E-state index in [0.717, 1.165) is 15.8 Å². The van der Waals surface area contributed by atoms with Gasteiger partial charge in [-0.25, -0.2) is 0 Å². The zero-order valence-corrected chi connectivity index (χ0v) is 11.7. The molecule has 0 spiro atoms. The van der Waals surface area contributed by atoms with E-state index in [9.17, 15) is 9.59 Å². The Balaban J connectivity index is 1.84. The van der Waals surface area contributed by atoms with E-state index in [4.69, 9.17) is 5.11 Å². The number of amides is 1. The number of halogens is 1. The summed E-state index contributed by atoms with van der Waals surface area (Å²) >= 11 is 3.38. The van der Waals surface area contributed by atoms with E-state index in [1.807, 2.05) is 23.1 Å². The van der Waals surface area contributed by atoms with Crippen LogP contribution in [0.4, 0.5) is 11.4 Å². The molecule has 2 aliphatic rings. The summed E-state index contributed by atoms with van der Waals surface area (Å²) in [5.41, 5.74) is 1.75. The van der Waals surface area contributed by atoms with Crippen molar-refractivity contribution in [2.45, 2.75) is 18.9 Å². The van der Waals surface area contributed by atoms with Crippen molar-refractivity contribution in [2.75, 3.05) is 16.8 Å². The lowest BCUT2D eigenvalue weighted by Crippen LogP contribution is -2.51. The predicted molar refractivity (Wildman–Crippen MR) is 74.3 cm³/mol. The molecule has 1 heterocycles. The first kappa shape index (κ1) is 12.5. The zero-order chi connectivity index (χ0) is 13.6. The number of nitrogens with one attached hydrogen (secondary N) is 1.